The maximum atomic E-state index is 11.9. The Balaban J connectivity index is 1.94. The molecule has 0 aromatic carbocycles. The number of hydrogen-bond donors (Lipinski definition) is 3. The second kappa shape index (κ2) is 18.0. The molecule has 0 aromatic rings. The van der Waals surface area contributed by atoms with Crippen LogP contribution < -0.4 is 5.32 Å². The lowest BCUT2D eigenvalue weighted by Gasteiger charge is -2.20. The van der Waals surface area contributed by atoms with Crippen molar-refractivity contribution in [2.24, 2.45) is 0 Å². The predicted octanol–water partition coefficient (Wildman–Crippen LogP) is 5.26. The van der Waals surface area contributed by atoms with Crippen molar-refractivity contribution >= 4 is 5.91 Å². The Morgan fingerprint density at radius 2 is 1.37 bits per heavy atom. The molecule has 0 saturated carbocycles. The lowest BCUT2D eigenvalue weighted by molar-refractivity contribution is -0.131. The zero-order valence-electron chi connectivity index (χ0n) is 19.7. The largest absolute Gasteiger partial charge is 0.388 e. The van der Waals surface area contributed by atoms with Crippen LogP contribution >= 0.6 is 0 Å². The standard InChI is InChI=1S/C25H49NO4/c1-3-5-6-7-8-9-10-11-12-13-14-15-16-17-19-23-24(28)21(20-30-23)26-25(29)22(27)18-4-2/h21-24,27-28H,3-20H2,1-2H3,(H,26,29). The van der Waals surface area contributed by atoms with Crippen molar-refractivity contribution in [1.82, 2.24) is 5.32 Å². The van der Waals surface area contributed by atoms with Crippen molar-refractivity contribution in [3.63, 3.8) is 0 Å². The van der Waals surface area contributed by atoms with E-state index in [9.17, 15) is 15.0 Å². The average molecular weight is 428 g/mol. The smallest absolute Gasteiger partial charge is 0.249 e. The van der Waals surface area contributed by atoms with Crippen LogP contribution in [0.2, 0.25) is 0 Å². The average Bonchev–Trinajstić information content (AvgIpc) is 3.07. The van der Waals surface area contributed by atoms with Crippen LogP contribution in [0.4, 0.5) is 0 Å². The Labute approximate surface area is 185 Å². The van der Waals surface area contributed by atoms with Crippen LogP contribution in [-0.2, 0) is 9.53 Å². The summed E-state index contributed by atoms with van der Waals surface area (Å²) < 4.78 is 5.69. The van der Waals surface area contributed by atoms with Crippen molar-refractivity contribution in [3.05, 3.63) is 0 Å². The van der Waals surface area contributed by atoms with Gasteiger partial charge in [-0.25, -0.2) is 0 Å². The molecule has 1 saturated heterocycles. The van der Waals surface area contributed by atoms with Crippen molar-refractivity contribution in [2.45, 2.75) is 147 Å². The third-order valence-corrected chi connectivity index (χ3v) is 6.32. The highest BCUT2D eigenvalue weighted by Gasteiger charge is 2.36. The Morgan fingerprint density at radius 3 is 1.87 bits per heavy atom. The van der Waals surface area contributed by atoms with Gasteiger partial charge in [0.1, 0.15) is 12.2 Å². The molecule has 4 atom stereocenters. The lowest BCUT2D eigenvalue weighted by Crippen LogP contribution is -2.48. The van der Waals surface area contributed by atoms with E-state index >= 15 is 0 Å². The van der Waals surface area contributed by atoms with Crippen LogP contribution in [0.1, 0.15) is 123 Å². The summed E-state index contributed by atoms with van der Waals surface area (Å²) in [5, 5.41) is 22.9. The molecule has 0 aromatic heterocycles. The van der Waals surface area contributed by atoms with Gasteiger partial charge in [0.05, 0.1) is 18.8 Å². The van der Waals surface area contributed by atoms with Gasteiger partial charge in [0.15, 0.2) is 0 Å². The molecule has 3 N–H and O–H groups in total. The number of amides is 1. The Morgan fingerprint density at radius 1 is 0.867 bits per heavy atom. The summed E-state index contributed by atoms with van der Waals surface area (Å²) in [6, 6.07) is -0.402. The highest BCUT2D eigenvalue weighted by molar-refractivity contribution is 5.80. The number of carbonyl (C=O) groups is 1. The maximum absolute atomic E-state index is 11.9. The van der Waals surface area contributed by atoms with E-state index in [2.05, 4.69) is 12.2 Å². The van der Waals surface area contributed by atoms with Crippen LogP contribution in [-0.4, -0.2) is 47.1 Å². The summed E-state index contributed by atoms with van der Waals surface area (Å²) in [7, 11) is 0. The first-order valence-electron chi connectivity index (χ1n) is 12.9. The molecule has 30 heavy (non-hydrogen) atoms. The summed E-state index contributed by atoms with van der Waals surface area (Å²) in [5.74, 6) is -0.401. The minimum absolute atomic E-state index is 0.198. The number of aliphatic hydroxyl groups excluding tert-OH is 2. The molecular weight excluding hydrogens is 378 g/mol. The molecule has 1 aliphatic rings. The van der Waals surface area contributed by atoms with Gasteiger partial charge in [-0.3, -0.25) is 4.79 Å². The SMILES string of the molecule is CCCCCCCCCCCCCCCCC1OCC(NC(=O)C(O)CCC)C1O. The zero-order chi connectivity index (χ0) is 22.0. The fourth-order valence-corrected chi connectivity index (χ4v) is 4.29. The van der Waals surface area contributed by atoms with Gasteiger partial charge in [0, 0.05) is 0 Å². The summed E-state index contributed by atoms with van der Waals surface area (Å²) in [4.78, 5) is 11.9. The highest BCUT2D eigenvalue weighted by Crippen LogP contribution is 2.21. The van der Waals surface area contributed by atoms with Gasteiger partial charge in [-0.15, -0.1) is 0 Å². The van der Waals surface area contributed by atoms with Crippen molar-refractivity contribution < 1.29 is 19.7 Å². The van der Waals surface area contributed by atoms with Crippen LogP contribution in [0.5, 0.6) is 0 Å². The number of rotatable bonds is 19. The van der Waals surface area contributed by atoms with E-state index in [1.54, 1.807) is 0 Å². The van der Waals surface area contributed by atoms with Crippen LogP contribution in [0.3, 0.4) is 0 Å². The molecule has 5 heteroatoms. The van der Waals surface area contributed by atoms with E-state index in [0.29, 0.717) is 13.0 Å². The van der Waals surface area contributed by atoms with Crippen LogP contribution in [0.15, 0.2) is 0 Å². The second-order valence-electron chi connectivity index (χ2n) is 9.17. The van der Waals surface area contributed by atoms with E-state index in [-0.39, 0.29) is 6.10 Å². The normalized spacial score (nSPS) is 22.3. The fourth-order valence-electron chi connectivity index (χ4n) is 4.29. The fraction of sp³-hybridized carbons (Fsp3) is 0.960. The first-order chi connectivity index (χ1) is 14.6. The molecule has 1 fully saturated rings. The monoisotopic (exact) mass is 427 g/mol. The Hall–Kier alpha value is -0.650. The lowest BCUT2D eigenvalue weighted by atomic mass is 10.0. The van der Waals surface area contributed by atoms with E-state index in [1.807, 2.05) is 6.92 Å². The number of nitrogens with one attached hydrogen (secondary N) is 1. The summed E-state index contributed by atoms with van der Waals surface area (Å²) >= 11 is 0. The van der Waals surface area contributed by atoms with Gasteiger partial charge in [-0.05, 0) is 12.8 Å². The summed E-state index contributed by atoms with van der Waals surface area (Å²) in [5.41, 5.74) is 0. The molecule has 1 aliphatic heterocycles. The molecule has 1 heterocycles. The van der Waals surface area contributed by atoms with E-state index in [4.69, 9.17) is 4.74 Å². The third-order valence-electron chi connectivity index (χ3n) is 6.32. The second-order valence-corrected chi connectivity index (χ2v) is 9.17. The maximum Gasteiger partial charge on any atom is 0.249 e. The minimum atomic E-state index is -0.993. The first kappa shape index (κ1) is 27.4. The number of carbonyl (C=O) groups excluding carboxylic acids is 1. The first-order valence-corrected chi connectivity index (χ1v) is 12.9. The Bertz CT molecular complexity index is 418. The zero-order valence-corrected chi connectivity index (χ0v) is 19.7. The van der Waals surface area contributed by atoms with Gasteiger partial charge in [0.2, 0.25) is 5.91 Å². The number of hydrogen-bond acceptors (Lipinski definition) is 4. The summed E-state index contributed by atoms with van der Waals surface area (Å²) in [6.45, 7) is 4.52. The van der Waals surface area contributed by atoms with Crippen LogP contribution in [0.25, 0.3) is 0 Å². The van der Waals surface area contributed by atoms with Crippen LogP contribution in [0, 0.1) is 0 Å². The van der Waals surface area contributed by atoms with E-state index in [0.717, 1.165) is 19.3 Å². The minimum Gasteiger partial charge on any atom is -0.388 e. The number of ether oxygens (including phenoxy) is 1. The molecule has 0 bridgehead atoms. The molecule has 178 valence electrons. The number of unbranched alkanes of at least 4 members (excludes halogenated alkanes) is 13. The topological polar surface area (TPSA) is 78.8 Å². The molecule has 1 rings (SSSR count). The molecule has 0 radical (unpaired) electrons. The number of aliphatic hydroxyl groups is 2. The molecule has 0 spiro atoms. The van der Waals surface area contributed by atoms with Crippen molar-refractivity contribution in [3.8, 4) is 0 Å². The van der Waals surface area contributed by atoms with Gasteiger partial charge in [-0.1, -0.05) is 110 Å². The van der Waals surface area contributed by atoms with Gasteiger partial charge in [0.25, 0.3) is 0 Å². The third kappa shape index (κ3) is 12.3. The molecule has 4 unspecified atom stereocenters. The molecule has 1 amide bonds. The quantitative estimate of drug-likeness (QED) is 0.246. The van der Waals surface area contributed by atoms with Crippen molar-refractivity contribution in [2.75, 3.05) is 6.61 Å². The molecular formula is C25H49NO4. The van der Waals surface area contributed by atoms with Gasteiger partial charge >= 0.3 is 0 Å². The van der Waals surface area contributed by atoms with Crippen molar-refractivity contribution in [1.29, 1.82) is 0 Å². The van der Waals surface area contributed by atoms with Gasteiger partial charge in [-0.2, -0.15) is 0 Å². The van der Waals surface area contributed by atoms with Gasteiger partial charge < -0.3 is 20.3 Å². The Kier molecular flexibility index (Phi) is 16.4. The predicted molar refractivity (Wildman–Crippen MR) is 124 cm³/mol. The summed E-state index contributed by atoms with van der Waals surface area (Å²) in [6.07, 6.45) is 18.8. The molecule has 5 nitrogen and oxygen atoms in total. The highest BCUT2D eigenvalue weighted by atomic mass is 16.5. The van der Waals surface area contributed by atoms with E-state index < -0.39 is 24.2 Å². The molecule has 0 aliphatic carbocycles. The van der Waals surface area contributed by atoms with E-state index in [1.165, 1.54) is 83.5 Å².